The van der Waals surface area contributed by atoms with Crippen molar-refractivity contribution >= 4 is 28.4 Å². The lowest BCUT2D eigenvalue weighted by atomic mass is 9.84. The van der Waals surface area contributed by atoms with Crippen molar-refractivity contribution in [2.24, 2.45) is 0 Å². The molecule has 6 nitrogen and oxygen atoms in total. The number of anilines is 1. The van der Waals surface area contributed by atoms with Crippen molar-refractivity contribution in [2.45, 2.75) is 39.1 Å². The number of alkyl halides is 3. The van der Waals surface area contributed by atoms with E-state index in [1.54, 1.807) is 0 Å². The molecule has 2 amide bonds. The van der Waals surface area contributed by atoms with Gasteiger partial charge in [-0.15, -0.1) is 13.2 Å². The van der Waals surface area contributed by atoms with Crippen LogP contribution < -0.4 is 10.1 Å². The molecule has 0 fully saturated rings. The maximum Gasteiger partial charge on any atom is 0.573 e. The number of carbonyl (C=O) groups excluding carboxylic acids is 2. The number of benzene rings is 2. The van der Waals surface area contributed by atoms with Gasteiger partial charge in [-0.2, -0.15) is 0 Å². The Morgan fingerprint density at radius 3 is 2.47 bits per heavy atom. The molecule has 5 rings (SSSR count). The van der Waals surface area contributed by atoms with E-state index in [-0.39, 0.29) is 24.2 Å². The van der Waals surface area contributed by atoms with E-state index in [4.69, 9.17) is 0 Å². The highest BCUT2D eigenvalue weighted by molar-refractivity contribution is 6.11. The molecular formula is C25H22F3N3O3. The summed E-state index contributed by atoms with van der Waals surface area (Å²) in [6.07, 6.45) is -2.81. The Balaban J connectivity index is 1.72. The summed E-state index contributed by atoms with van der Waals surface area (Å²) in [7, 11) is 0. The summed E-state index contributed by atoms with van der Waals surface area (Å²) in [4.78, 5) is 26.7. The summed E-state index contributed by atoms with van der Waals surface area (Å²) < 4.78 is 44.1. The third kappa shape index (κ3) is 3.52. The molecule has 0 saturated carbocycles. The number of amides is 2. The van der Waals surface area contributed by atoms with Crippen LogP contribution in [0.2, 0.25) is 0 Å². The number of imide groups is 1. The van der Waals surface area contributed by atoms with Crippen LogP contribution >= 0.6 is 0 Å². The van der Waals surface area contributed by atoms with Gasteiger partial charge in [0.2, 0.25) is 5.91 Å². The molecule has 2 aliphatic heterocycles. The number of aromatic nitrogens is 1. The van der Waals surface area contributed by atoms with E-state index in [1.807, 2.05) is 24.4 Å². The van der Waals surface area contributed by atoms with Crippen LogP contribution in [-0.4, -0.2) is 34.2 Å². The topological polar surface area (TPSA) is 63.6 Å². The van der Waals surface area contributed by atoms with Gasteiger partial charge in [0.1, 0.15) is 5.75 Å². The minimum atomic E-state index is -4.80. The highest BCUT2D eigenvalue weighted by Crippen LogP contribution is 2.47. The van der Waals surface area contributed by atoms with Crippen LogP contribution in [0.1, 0.15) is 43.9 Å². The molecule has 176 valence electrons. The lowest BCUT2D eigenvalue weighted by Gasteiger charge is -2.20. The fourth-order valence-corrected chi connectivity index (χ4v) is 4.87. The molecule has 0 aliphatic carbocycles. The van der Waals surface area contributed by atoms with E-state index >= 15 is 0 Å². The number of hydrogen-bond donors (Lipinski definition) is 1. The van der Waals surface area contributed by atoms with Gasteiger partial charge in [-0.25, -0.2) is 0 Å². The second-order valence-corrected chi connectivity index (χ2v) is 8.76. The number of carbonyl (C=O) groups is 2. The quantitative estimate of drug-likeness (QED) is 0.564. The van der Waals surface area contributed by atoms with Crippen LogP contribution in [0.3, 0.4) is 0 Å². The maximum atomic E-state index is 13.4. The first-order valence-corrected chi connectivity index (χ1v) is 10.9. The monoisotopic (exact) mass is 469 g/mol. The molecule has 0 unspecified atom stereocenters. The molecule has 0 saturated heterocycles. The van der Waals surface area contributed by atoms with Gasteiger partial charge in [0.25, 0.3) is 5.91 Å². The smallest absolute Gasteiger partial charge is 0.406 e. The van der Waals surface area contributed by atoms with Gasteiger partial charge in [0, 0.05) is 41.9 Å². The predicted octanol–water partition coefficient (Wildman–Crippen LogP) is 5.32. The molecule has 2 aromatic carbocycles. The van der Waals surface area contributed by atoms with Crippen molar-refractivity contribution < 1.29 is 27.5 Å². The Kier molecular flexibility index (Phi) is 4.96. The summed E-state index contributed by atoms with van der Waals surface area (Å²) in [6.45, 7) is 5.55. The van der Waals surface area contributed by atoms with Gasteiger partial charge in [0.15, 0.2) is 0 Å². The summed E-state index contributed by atoms with van der Waals surface area (Å²) in [5, 5.41) is 4.31. The summed E-state index contributed by atoms with van der Waals surface area (Å²) in [5.74, 6) is -1.70. The zero-order chi connectivity index (χ0) is 24.4. The zero-order valence-corrected chi connectivity index (χ0v) is 18.7. The summed E-state index contributed by atoms with van der Waals surface area (Å²) in [6, 6.07) is 11.5. The first kappa shape index (κ1) is 22.1. The average molecular weight is 469 g/mol. The van der Waals surface area contributed by atoms with Crippen LogP contribution in [0.25, 0.3) is 10.9 Å². The number of ether oxygens (including phenoxy) is 1. The number of halogens is 3. The van der Waals surface area contributed by atoms with Crippen LogP contribution in [0.4, 0.5) is 18.9 Å². The maximum absolute atomic E-state index is 13.4. The summed E-state index contributed by atoms with van der Waals surface area (Å²) in [5.41, 5.74) is 4.30. The van der Waals surface area contributed by atoms with Crippen molar-refractivity contribution in [1.82, 2.24) is 9.47 Å². The second-order valence-electron chi connectivity index (χ2n) is 8.76. The van der Waals surface area contributed by atoms with Gasteiger partial charge in [0.05, 0.1) is 17.6 Å². The molecule has 1 N–H and O–H groups in total. The first-order valence-electron chi connectivity index (χ1n) is 10.9. The second kappa shape index (κ2) is 7.65. The van der Waals surface area contributed by atoms with E-state index in [2.05, 4.69) is 28.5 Å². The van der Waals surface area contributed by atoms with E-state index in [0.717, 1.165) is 22.2 Å². The number of nitrogens with one attached hydrogen (secondary N) is 1. The SMILES string of the molecule is CC(=O)N1CC2=C(C1=O)[C@@H](c1ccc(OC(F)(F)F)cc1)c1cn(C(C)C)c3cccc(c13)N2. The van der Waals surface area contributed by atoms with Crippen molar-refractivity contribution in [3.8, 4) is 5.75 Å². The van der Waals surface area contributed by atoms with E-state index in [0.29, 0.717) is 16.8 Å². The van der Waals surface area contributed by atoms with E-state index in [1.165, 1.54) is 36.1 Å². The van der Waals surface area contributed by atoms with Crippen molar-refractivity contribution in [2.75, 3.05) is 11.9 Å². The standard InChI is InChI=1S/C25H22F3N3O3/c1-13(2)30-11-17-21(15-7-9-16(10-8-15)34-25(26,27)28)23-19(12-31(14(3)32)24(23)33)29-18-5-4-6-20(30)22(17)18/h4-11,13,21,29H,12H2,1-3H3/t21-/m0/s1. The number of hydrogen-bond acceptors (Lipinski definition) is 4. The fourth-order valence-electron chi connectivity index (χ4n) is 4.87. The van der Waals surface area contributed by atoms with Gasteiger partial charge < -0.3 is 14.6 Å². The Hall–Kier alpha value is -3.75. The highest BCUT2D eigenvalue weighted by atomic mass is 19.4. The number of nitrogens with zero attached hydrogens (tertiary/aromatic N) is 2. The lowest BCUT2D eigenvalue weighted by Crippen LogP contribution is -2.33. The Morgan fingerprint density at radius 1 is 1.15 bits per heavy atom. The molecule has 2 aliphatic rings. The van der Waals surface area contributed by atoms with Crippen LogP contribution in [-0.2, 0) is 9.59 Å². The van der Waals surface area contributed by atoms with Crippen LogP contribution in [0.15, 0.2) is 59.9 Å². The molecule has 34 heavy (non-hydrogen) atoms. The molecule has 3 heterocycles. The van der Waals surface area contributed by atoms with Crippen LogP contribution in [0, 0.1) is 0 Å². The van der Waals surface area contributed by atoms with Crippen molar-refractivity contribution in [1.29, 1.82) is 0 Å². The number of rotatable bonds is 3. The molecule has 9 heteroatoms. The molecule has 0 spiro atoms. The Labute approximate surface area is 193 Å². The van der Waals surface area contributed by atoms with Crippen LogP contribution in [0.5, 0.6) is 5.75 Å². The van der Waals surface area contributed by atoms with Gasteiger partial charge in [-0.1, -0.05) is 18.2 Å². The fraction of sp³-hybridized carbons (Fsp3) is 0.280. The third-order valence-corrected chi connectivity index (χ3v) is 6.27. The van der Waals surface area contributed by atoms with E-state index < -0.39 is 18.2 Å². The van der Waals surface area contributed by atoms with Gasteiger partial charge >= 0.3 is 6.36 Å². The summed E-state index contributed by atoms with van der Waals surface area (Å²) >= 11 is 0. The van der Waals surface area contributed by atoms with Gasteiger partial charge in [-0.3, -0.25) is 14.5 Å². The highest BCUT2D eigenvalue weighted by Gasteiger charge is 2.42. The molecule has 0 bridgehead atoms. The lowest BCUT2D eigenvalue weighted by molar-refractivity contribution is -0.274. The van der Waals surface area contributed by atoms with Gasteiger partial charge in [-0.05, 0) is 49.2 Å². The molecule has 3 aromatic rings. The van der Waals surface area contributed by atoms with E-state index in [9.17, 15) is 22.8 Å². The molecule has 1 aromatic heterocycles. The predicted molar refractivity (Wildman–Crippen MR) is 120 cm³/mol. The molecule has 0 radical (unpaired) electrons. The molecule has 1 atom stereocenters. The normalized spacial score (nSPS) is 17.8. The minimum absolute atomic E-state index is 0.111. The largest absolute Gasteiger partial charge is 0.573 e. The zero-order valence-electron chi connectivity index (χ0n) is 18.7. The first-order chi connectivity index (χ1) is 16.0. The average Bonchev–Trinajstić information content (AvgIpc) is 3.24. The Bertz CT molecular complexity index is 1350. The van der Waals surface area contributed by atoms with Crippen molar-refractivity contribution in [3.05, 3.63) is 71.1 Å². The third-order valence-electron chi connectivity index (χ3n) is 6.27. The Morgan fingerprint density at radius 2 is 1.85 bits per heavy atom. The molecular weight excluding hydrogens is 447 g/mol. The minimum Gasteiger partial charge on any atom is -0.406 e. The van der Waals surface area contributed by atoms with Crippen molar-refractivity contribution in [3.63, 3.8) is 0 Å².